The Morgan fingerprint density at radius 3 is 2.50 bits per heavy atom. The Morgan fingerprint density at radius 1 is 1.25 bits per heavy atom. The summed E-state index contributed by atoms with van der Waals surface area (Å²) in [5.41, 5.74) is 13.2. The number of anilines is 3. The fraction of sp³-hybridized carbons (Fsp3) is 0.133. The summed E-state index contributed by atoms with van der Waals surface area (Å²) in [6, 6.07) is 8.30. The standard InChI is InChI=1S/C15H16N4O4.ClH/c1-8(11-6-9(16)2-4-13(11)17)18-14-5-3-10(19(22)23)7-12(14)15(20)21;/h2-8,18H,16-17H2,1H3,(H,20,21);1H. The minimum absolute atomic E-state index is 0. The number of nitro groups is 1. The van der Waals surface area contributed by atoms with Gasteiger partial charge in [-0.3, -0.25) is 10.1 Å². The number of nitrogens with zero attached hydrogens (tertiary/aromatic N) is 1. The van der Waals surface area contributed by atoms with Gasteiger partial charge >= 0.3 is 5.97 Å². The van der Waals surface area contributed by atoms with Gasteiger partial charge in [-0.25, -0.2) is 4.79 Å². The highest BCUT2D eigenvalue weighted by Gasteiger charge is 2.18. The molecule has 2 rings (SSSR count). The average molecular weight is 353 g/mol. The fourth-order valence-electron chi connectivity index (χ4n) is 2.23. The lowest BCUT2D eigenvalue weighted by Gasteiger charge is -2.19. The number of nitrogens with one attached hydrogen (secondary N) is 1. The summed E-state index contributed by atoms with van der Waals surface area (Å²) in [5, 5.41) is 23.0. The Balaban J connectivity index is 0.00000288. The number of rotatable bonds is 5. The summed E-state index contributed by atoms with van der Waals surface area (Å²) in [7, 11) is 0. The number of carboxylic acid groups (broad SMARTS) is 1. The maximum Gasteiger partial charge on any atom is 0.338 e. The van der Waals surface area contributed by atoms with Gasteiger partial charge in [0.05, 0.1) is 16.5 Å². The molecule has 2 aromatic rings. The van der Waals surface area contributed by atoms with E-state index in [4.69, 9.17) is 11.5 Å². The van der Waals surface area contributed by atoms with E-state index in [1.807, 2.05) is 0 Å². The van der Waals surface area contributed by atoms with E-state index < -0.39 is 10.9 Å². The predicted molar refractivity (Wildman–Crippen MR) is 94.6 cm³/mol. The van der Waals surface area contributed by atoms with Crippen LogP contribution in [0.3, 0.4) is 0 Å². The molecular weight excluding hydrogens is 336 g/mol. The van der Waals surface area contributed by atoms with E-state index in [-0.39, 0.29) is 35.4 Å². The van der Waals surface area contributed by atoms with Gasteiger partial charge in [-0.05, 0) is 36.8 Å². The maximum absolute atomic E-state index is 11.3. The first-order chi connectivity index (χ1) is 10.8. The zero-order valence-corrected chi connectivity index (χ0v) is 13.5. The lowest BCUT2D eigenvalue weighted by Crippen LogP contribution is -2.13. The van der Waals surface area contributed by atoms with Crippen molar-refractivity contribution in [1.82, 2.24) is 0 Å². The molecule has 0 radical (unpaired) electrons. The first-order valence-electron chi connectivity index (χ1n) is 6.72. The minimum Gasteiger partial charge on any atom is -0.478 e. The summed E-state index contributed by atoms with van der Waals surface area (Å²) in [6.45, 7) is 1.79. The zero-order chi connectivity index (χ0) is 17.1. The largest absolute Gasteiger partial charge is 0.478 e. The smallest absolute Gasteiger partial charge is 0.338 e. The molecule has 0 fully saturated rings. The number of nitrogens with two attached hydrogens (primary N) is 2. The molecule has 1 atom stereocenters. The second-order valence-corrected chi connectivity index (χ2v) is 5.05. The molecule has 0 amide bonds. The molecule has 0 aliphatic rings. The molecule has 0 heterocycles. The van der Waals surface area contributed by atoms with Crippen LogP contribution in [0.25, 0.3) is 0 Å². The summed E-state index contributed by atoms with van der Waals surface area (Å²) in [4.78, 5) is 21.5. The Hall–Kier alpha value is -3.00. The zero-order valence-electron chi connectivity index (χ0n) is 12.7. The van der Waals surface area contributed by atoms with E-state index in [0.717, 1.165) is 6.07 Å². The first-order valence-corrected chi connectivity index (χ1v) is 6.72. The molecule has 0 aliphatic carbocycles. The van der Waals surface area contributed by atoms with Crippen LogP contribution in [0.2, 0.25) is 0 Å². The van der Waals surface area contributed by atoms with Crippen LogP contribution in [0.15, 0.2) is 36.4 Å². The molecule has 1 unspecified atom stereocenters. The van der Waals surface area contributed by atoms with Gasteiger partial charge in [-0.1, -0.05) is 0 Å². The van der Waals surface area contributed by atoms with E-state index in [9.17, 15) is 20.0 Å². The number of benzene rings is 2. The number of hydrogen-bond acceptors (Lipinski definition) is 6. The minimum atomic E-state index is -1.26. The van der Waals surface area contributed by atoms with Crippen LogP contribution in [0.1, 0.15) is 28.9 Å². The van der Waals surface area contributed by atoms with Crippen molar-refractivity contribution in [3.05, 3.63) is 57.6 Å². The van der Waals surface area contributed by atoms with Gasteiger partial charge in [0.15, 0.2) is 0 Å². The first kappa shape index (κ1) is 19.0. The summed E-state index contributed by atoms with van der Waals surface area (Å²) in [5.74, 6) is -1.26. The number of non-ortho nitro benzene ring substituents is 1. The van der Waals surface area contributed by atoms with Crippen LogP contribution in [0, 0.1) is 10.1 Å². The summed E-state index contributed by atoms with van der Waals surface area (Å²) >= 11 is 0. The molecule has 0 saturated carbocycles. The molecule has 6 N–H and O–H groups in total. The van der Waals surface area contributed by atoms with Crippen LogP contribution in [0.4, 0.5) is 22.7 Å². The van der Waals surface area contributed by atoms with Crippen molar-refractivity contribution in [2.24, 2.45) is 0 Å². The highest BCUT2D eigenvalue weighted by molar-refractivity contribution is 5.95. The quantitative estimate of drug-likeness (QED) is 0.367. The molecule has 2 aromatic carbocycles. The highest BCUT2D eigenvalue weighted by atomic mass is 35.5. The molecule has 0 bridgehead atoms. The Morgan fingerprint density at radius 2 is 1.92 bits per heavy atom. The second kappa shape index (κ2) is 7.51. The van der Waals surface area contributed by atoms with Crippen LogP contribution in [-0.2, 0) is 0 Å². The molecule has 0 spiro atoms. The van der Waals surface area contributed by atoms with Gasteiger partial charge in [0.1, 0.15) is 0 Å². The van der Waals surface area contributed by atoms with E-state index in [1.54, 1.807) is 25.1 Å². The molecule has 0 saturated heterocycles. The van der Waals surface area contributed by atoms with Crippen molar-refractivity contribution >= 4 is 41.1 Å². The van der Waals surface area contributed by atoms with Crippen molar-refractivity contribution in [1.29, 1.82) is 0 Å². The van der Waals surface area contributed by atoms with E-state index >= 15 is 0 Å². The fourth-order valence-corrected chi connectivity index (χ4v) is 2.23. The van der Waals surface area contributed by atoms with Gasteiger partial charge in [0.25, 0.3) is 5.69 Å². The van der Waals surface area contributed by atoms with Gasteiger partial charge in [0.2, 0.25) is 0 Å². The summed E-state index contributed by atoms with van der Waals surface area (Å²) in [6.07, 6.45) is 0. The van der Waals surface area contributed by atoms with Crippen LogP contribution in [-0.4, -0.2) is 16.0 Å². The Bertz CT molecular complexity index is 782. The number of aromatic carboxylic acids is 1. The molecular formula is C15H17ClN4O4. The molecule has 8 nitrogen and oxygen atoms in total. The van der Waals surface area contributed by atoms with Crippen molar-refractivity contribution in [2.75, 3.05) is 16.8 Å². The molecule has 24 heavy (non-hydrogen) atoms. The van der Waals surface area contributed by atoms with E-state index in [1.165, 1.54) is 12.1 Å². The Labute approximate surface area is 144 Å². The van der Waals surface area contributed by atoms with Crippen molar-refractivity contribution in [2.45, 2.75) is 13.0 Å². The monoisotopic (exact) mass is 352 g/mol. The normalized spacial score (nSPS) is 11.2. The third-order valence-electron chi connectivity index (χ3n) is 3.39. The highest BCUT2D eigenvalue weighted by Crippen LogP contribution is 2.29. The molecule has 128 valence electrons. The average Bonchev–Trinajstić information content (AvgIpc) is 2.49. The van der Waals surface area contributed by atoms with Crippen LogP contribution >= 0.6 is 12.4 Å². The Kier molecular flexibility index (Phi) is 5.96. The molecule has 0 aromatic heterocycles. The van der Waals surface area contributed by atoms with E-state index in [2.05, 4.69) is 5.32 Å². The SMILES string of the molecule is CC(Nc1ccc([N+](=O)[O-])cc1C(=O)O)c1cc(N)ccc1N.Cl. The second-order valence-electron chi connectivity index (χ2n) is 5.05. The van der Waals surface area contributed by atoms with E-state index in [0.29, 0.717) is 16.9 Å². The van der Waals surface area contributed by atoms with Crippen molar-refractivity contribution in [3.63, 3.8) is 0 Å². The van der Waals surface area contributed by atoms with Crippen LogP contribution in [0.5, 0.6) is 0 Å². The topological polar surface area (TPSA) is 145 Å². The number of carbonyl (C=O) groups is 1. The molecule has 9 heteroatoms. The van der Waals surface area contributed by atoms with Gasteiger partial charge in [0, 0.05) is 29.2 Å². The number of carboxylic acids is 1. The third-order valence-corrected chi connectivity index (χ3v) is 3.39. The number of halogens is 1. The summed E-state index contributed by atoms with van der Waals surface area (Å²) < 4.78 is 0. The van der Waals surface area contributed by atoms with Crippen molar-refractivity contribution in [3.8, 4) is 0 Å². The maximum atomic E-state index is 11.3. The third kappa shape index (κ3) is 4.05. The number of hydrogen-bond donors (Lipinski definition) is 4. The van der Waals surface area contributed by atoms with Gasteiger partial charge in [-0.2, -0.15) is 0 Å². The number of nitro benzene ring substituents is 1. The van der Waals surface area contributed by atoms with Crippen molar-refractivity contribution < 1.29 is 14.8 Å². The number of nitrogen functional groups attached to an aromatic ring is 2. The predicted octanol–water partition coefficient (Wildman–Crippen LogP) is 3.05. The lowest BCUT2D eigenvalue weighted by molar-refractivity contribution is -0.384. The van der Waals surface area contributed by atoms with Gasteiger partial charge < -0.3 is 21.9 Å². The lowest BCUT2D eigenvalue weighted by atomic mass is 10.0. The van der Waals surface area contributed by atoms with Crippen LogP contribution < -0.4 is 16.8 Å². The molecule has 0 aliphatic heterocycles. The van der Waals surface area contributed by atoms with Gasteiger partial charge in [-0.15, -0.1) is 12.4 Å².